The Morgan fingerprint density at radius 2 is 1.91 bits per heavy atom. The van der Waals surface area contributed by atoms with E-state index in [0.29, 0.717) is 6.07 Å². The van der Waals surface area contributed by atoms with E-state index in [9.17, 15) is 28.1 Å². The minimum Gasteiger partial charge on any atom is -0.292 e. The molecule has 0 heterocycles. The number of hydrazine groups is 1. The van der Waals surface area contributed by atoms with E-state index in [1.807, 2.05) is 0 Å². The first kappa shape index (κ1) is 16.1. The third kappa shape index (κ3) is 3.66. The molecule has 1 aliphatic carbocycles. The van der Waals surface area contributed by atoms with Gasteiger partial charge in [0.25, 0.3) is 5.69 Å². The quantitative estimate of drug-likeness (QED) is 0.659. The Morgan fingerprint density at radius 1 is 1.27 bits per heavy atom. The molecular formula is C13H14F3N3O3. The molecule has 0 unspecified atom stereocenters. The highest BCUT2D eigenvalue weighted by molar-refractivity contribution is 5.81. The molecule has 0 aliphatic heterocycles. The molecule has 0 bridgehead atoms. The average molecular weight is 317 g/mol. The van der Waals surface area contributed by atoms with Crippen LogP contribution in [0.3, 0.4) is 0 Å². The van der Waals surface area contributed by atoms with Gasteiger partial charge >= 0.3 is 6.18 Å². The van der Waals surface area contributed by atoms with Gasteiger partial charge in [-0.1, -0.05) is 12.8 Å². The van der Waals surface area contributed by atoms with Crippen molar-refractivity contribution >= 4 is 17.3 Å². The number of nitro benzene ring substituents is 1. The van der Waals surface area contributed by atoms with Gasteiger partial charge in [0.05, 0.1) is 10.5 Å². The van der Waals surface area contributed by atoms with Crippen molar-refractivity contribution in [1.82, 2.24) is 5.43 Å². The lowest BCUT2D eigenvalue weighted by atomic mass is 10.1. The fourth-order valence-electron chi connectivity index (χ4n) is 2.38. The second kappa shape index (κ2) is 6.20. The standard InChI is InChI=1S/C13H14F3N3O3/c14-13(15,16)9-5-6-10(11(7-9)19(21)22)17-18-12(20)8-3-1-2-4-8/h5-8,17H,1-4H2,(H,18,20). The van der Waals surface area contributed by atoms with Gasteiger partial charge in [-0.2, -0.15) is 13.2 Å². The zero-order valence-electron chi connectivity index (χ0n) is 11.4. The van der Waals surface area contributed by atoms with Crippen molar-refractivity contribution < 1.29 is 22.9 Å². The van der Waals surface area contributed by atoms with E-state index < -0.39 is 22.4 Å². The number of anilines is 1. The van der Waals surface area contributed by atoms with E-state index in [1.165, 1.54) is 0 Å². The number of halogens is 3. The molecule has 120 valence electrons. The van der Waals surface area contributed by atoms with Gasteiger partial charge in [-0.05, 0) is 25.0 Å². The Labute approximate surface area is 123 Å². The molecule has 0 spiro atoms. The molecule has 1 aromatic carbocycles. The van der Waals surface area contributed by atoms with Crippen LogP contribution in [0.25, 0.3) is 0 Å². The number of carbonyl (C=O) groups excluding carboxylic acids is 1. The molecule has 0 saturated heterocycles. The highest BCUT2D eigenvalue weighted by Crippen LogP contribution is 2.34. The number of rotatable bonds is 4. The maximum Gasteiger partial charge on any atom is 0.416 e. The summed E-state index contributed by atoms with van der Waals surface area (Å²) in [6, 6.07) is 2.08. The molecule has 1 fully saturated rings. The van der Waals surface area contributed by atoms with Crippen LogP contribution in [0.2, 0.25) is 0 Å². The number of carbonyl (C=O) groups is 1. The van der Waals surface area contributed by atoms with E-state index >= 15 is 0 Å². The number of nitrogens with zero attached hydrogens (tertiary/aromatic N) is 1. The third-order valence-corrected chi connectivity index (χ3v) is 3.57. The number of amides is 1. The molecule has 2 N–H and O–H groups in total. The number of hydrogen-bond acceptors (Lipinski definition) is 4. The van der Waals surface area contributed by atoms with Gasteiger partial charge in [0.15, 0.2) is 0 Å². The summed E-state index contributed by atoms with van der Waals surface area (Å²) in [6.45, 7) is 0. The number of alkyl halides is 3. The molecule has 0 atom stereocenters. The van der Waals surface area contributed by atoms with E-state index in [2.05, 4.69) is 10.9 Å². The van der Waals surface area contributed by atoms with E-state index in [1.54, 1.807) is 0 Å². The Bertz CT molecular complexity index is 584. The zero-order valence-corrected chi connectivity index (χ0v) is 11.4. The van der Waals surface area contributed by atoms with Crippen LogP contribution in [0, 0.1) is 16.0 Å². The smallest absolute Gasteiger partial charge is 0.292 e. The second-order valence-corrected chi connectivity index (χ2v) is 5.08. The van der Waals surface area contributed by atoms with Crippen LogP contribution in [-0.2, 0) is 11.0 Å². The van der Waals surface area contributed by atoms with Gasteiger partial charge in [0.1, 0.15) is 5.69 Å². The third-order valence-electron chi connectivity index (χ3n) is 3.57. The van der Waals surface area contributed by atoms with Gasteiger partial charge in [-0.3, -0.25) is 25.8 Å². The van der Waals surface area contributed by atoms with Crippen LogP contribution >= 0.6 is 0 Å². The zero-order chi connectivity index (χ0) is 16.3. The van der Waals surface area contributed by atoms with Crippen molar-refractivity contribution in [2.75, 3.05) is 5.43 Å². The summed E-state index contributed by atoms with van der Waals surface area (Å²) in [4.78, 5) is 21.8. The first-order chi connectivity index (χ1) is 10.3. The summed E-state index contributed by atoms with van der Waals surface area (Å²) in [5.74, 6) is -0.479. The highest BCUT2D eigenvalue weighted by atomic mass is 19.4. The molecular weight excluding hydrogens is 303 g/mol. The fourth-order valence-corrected chi connectivity index (χ4v) is 2.38. The molecule has 0 aromatic heterocycles. The van der Waals surface area contributed by atoms with Crippen molar-refractivity contribution in [3.8, 4) is 0 Å². The van der Waals surface area contributed by atoms with Crippen LogP contribution < -0.4 is 10.9 Å². The van der Waals surface area contributed by atoms with Gasteiger partial charge < -0.3 is 0 Å². The van der Waals surface area contributed by atoms with Gasteiger partial charge in [-0.15, -0.1) is 0 Å². The molecule has 2 rings (SSSR count). The first-order valence-electron chi connectivity index (χ1n) is 6.70. The summed E-state index contributed by atoms with van der Waals surface area (Å²) in [5, 5.41) is 10.9. The number of nitrogens with one attached hydrogen (secondary N) is 2. The molecule has 0 radical (unpaired) electrons. The number of hydrogen-bond donors (Lipinski definition) is 2. The Hall–Kier alpha value is -2.32. The van der Waals surface area contributed by atoms with E-state index in [-0.39, 0.29) is 17.5 Å². The largest absolute Gasteiger partial charge is 0.416 e. The summed E-state index contributed by atoms with van der Waals surface area (Å²) in [5.41, 5.74) is 2.60. The molecule has 6 nitrogen and oxygen atoms in total. The monoisotopic (exact) mass is 317 g/mol. The van der Waals surface area contributed by atoms with Crippen LogP contribution in [0.4, 0.5) is 24.5 Å². The topological polar surface area (TPSA) is 84.3 Å². The maximum absolute atomic E-state index is 12.6. The maximum atomic E-state index is 12.6. The molecule has 1 saturated carbocycles. The molecule has 22 heavy (non-hydrogen) atoms. The molecule has 1 amide bonds. The van der Waals surface area contributed by atoms with E-state index in [4.69, 9.17) is 0 Å². The van der Waals surface area contributed by atoms with Gasteiger partial charge in [0, 0.05) is 12.0 Å². The predicted molar refractivity (Wildman–Crippen MR) is 71.8 cm³/mol. The fraction of sp³-hybridized carbons (Fsp3) is 0.462. The summed E-state index contributed by atoms with van der Waals surface area (Å²) in [7, 11) is 0. The minimum absolute atomic E-state index is 0.166. The predicted octanol–water partition coefficient (Wildman–Crippen LogP) is 3.25. The van der Waals surface area contributed by atoms with Crippen molar-refractivity contribution in [1.29, 1.82) is 0 Å². The highest BCUT2D eigenvalue weighted by Gasteiger charge is 2.33. The molecule has 9 heteroatoms. The molecule has 1 aromatic rings. The normalized spacial score (nSPS) is 15.6. The Balaban J connectivity index is 2.13. The van der Waals surface area contributed by atoms with E-state index in [0.717, 1.165) is 37.8 Å². The van der Waals surface area contributed by atoms with Crippen LogP contribution in [0.5, 0.6) is 0 Å². The SMILES string of the molecule is O=C(NNc1ccc(C(F)(F)F)cc1[N+](=O)[O-])C1CCCC1. The number of benzene rings is 1. The summed E-state index contributed by atoms with van der Waals surface area (Å²) < 4.78 is 37.7. The Morgan fingerprint density at radius 3 is 2.45 bits per heavy atom. The lowest BCUT2D eigenvalue weighted by Gasteiger charge is -2.13. The summed E-state index contributed by atoms with van der Waals surface area (Å²) >= 11 is 0. The van der Waals surface area contributed by atoms with Crippen LogP contribution in [0.15, 0.2) is 18.2 Å². The van der Waals surface area contributed by atoms with Crippen LogP contribution in [0.1, 0.15) is 31.2 Å². The van der Waals surface area contributed by atoms with Crippen molar-refractivity contribution in [3.63, 3.8) is 0 Å². The average Bonchev–Trinajstić information content (AvgIpc) is 2.97. The second-order valence-electron chi connectivity index (χ2n) is 5.08. The van der Waals surface area contributed by atoms with Crippen molar-refractivity contribution in [3.05, 3.63) is 33.9 Å². The van der Waals surface area contributed by atoms with Crippen molar-refractivity contribution in [2.24, 2.45) is 5.92 Å². The molecule has 1 aliphatic rings. The Kier molecular flexibility index (Phi) is 4.53. The lowest BCUT2D eigenvalue weighted by Crippen LogP contribution is -2.34. The van der Waals surface area contributed by atoms with Crippen LogP contribution in [-0.4, -0.2) is 10.8 Å². The number of nitro groups is 1. The summed E-state index contributed by atoms with van der Waals surface area (Å²) in [6.07, 6.45) is -1.31. The van der Waals surface area contributed by atoms with Gasteiger partial charge in [0.2, 0.25) is 5.91 Å². The van der Waals surface area contributed by atoms with Crippen molar-refractivity contribution in [2.45, 2.75) is 31.9 Å². The lowest BCUT2D eigenvalue weighted by molar-refractivity contribution is -0.384. The minimum atomic E-state index is -4.67. The van der Waals surface area contributed by atoms with Gasteiger partial charge in [-0.25, -0.2) is 0 Å². The first-order valence-corrected chi connectivity index (χ1v) is 6.70.